The Morgan fingerprint density at radius 1 is 0.824 bits per heavy atom. The van der Waals surface area contributed by atoms with Crippen molar-refractivity contribution < 1.29 is 0 Å². The van der Waals surface area contributed by atoms with Gasteiger partial charge in [-0.25, -0.2) is 0 Å². The third kappa shape index (κ3) is 3.16. The molecule has 0 aliphatic heterocycles. The van der Waals surface area contributed by atoms with Gasteiger partial charge in [0.15, 0.2) is 0 Å². The van der Waals surface area contributed by atoms with E-state index in [0.29, 0.717) is 0 Å². The van der Waals surface area contributed by atoms with Crippen molar-refractivity contribution in [3.63, 3.8) is 0 Å². The van der Waals surface area contributed by atoms with E-state index in [1.165, 1.54) is 25.7 Å². The van der Waals surface area contributed by atoms with Crippen molar-refractivity contribution in [3.8, 4) is 11.5 Å². The third-order valence-corrected chi connectivity index (χ3v) is 11.0. The standard InChI is InChI=1S/C16H30Si/c1-13(2)17(14(3)4,15(5)6)12-11-16-9-7-8-10-16/h13-16H,7-10H2,1-6H3. The predicted octanol–water partition coefficient (Wildman–Crippen LogP) is 5.40. The quantitative estimate of drug-likeness (QED) is 0.465. The van der Waals surface area contributed by atoms with Crippen LogP contribution in [0.4, 0.5) is 0 Å². The first-order valence-corrected chi connectivity index (χ1v) is 9.67. The van der Waals surface area contributed by atoms with E-state index in [-0.39, 0.29) is 0 Å². The average molecular weight is 251 g/mol. The molecule has 1 rings (SSSR count). The Labute approximate surface area is 110 Å². The summed E-state index contributed by atoms with van der Waals surface area (Å²) in [5, 5.41) is 0. The molecule has 0 amide bonds. The van der Waals surface area contributed by atoms with E-state index >= 15 is 0 Å². The molecular formula is C16H30Si. The van der Waals surface area contributed by atoms with Crippen molar-refractivity contribution in [2.45, 2.75) is 83.8 Å². The van der Waals surface area contributed by atoms with Gasteiger partial charge in [-0.05, 0) is 29.5 Å². The highest BCUT2D eigenvalue weighted by atomic mass is 28.3. The summed E-state index contributed by atoms with van der Waals surface area (Å²) in [5.41, 5.74) is 6.19. The second kappa shape index (κ2) is 6.09. The van der Waals surface area contributed by atoms with Crippen molar-refractivity contribution in [2.75, 3.05) is 0 Å². The zero-order chi connectivity index (χ0) is 13.1. The molecule has 1 aliphatic carbocycles. The number of hydrogen-bond acceptors (Lipinski definition) is 0. The second-order valence-electron chi connectivity index (χ2n) is 6.65. The van der Waals surface area contributed by atoms with E-state index in [4.69, 9.17) is 0 Å². The molecule has 0 unspecified atom stereocenters. The normalized spacial score (nSPS) is 17.9. The van der Waals surface area contributed by atoms with Crippen LogP contribution in [0, 0.1) is 17.4 Å². The maximum absolute atomic E-state index is 3.86. The van der Waals surface area contributed by atoms with Crippen LogP contribution in [0.15, 0.2) is 0 Å². The van der Waals surface area contributed by atoms with Crippen LogP contribution >= 0.6 is 0 Å². The molecule has 0 spiro atoms. The predicted molar refractivity (Wildman–Crippen MR) is 80.8 cm³/mol. The lowest BCUT2D eigenvalue weighted by atomic mass is 10.1. The maximum atomic E-state index is 3.86. The highest BCUT2D eigenvalue weighted by molar-refractivity contribution is 6.90. The summed E-state index contributed by atoms with van der Waals surface area (Å²) in [7, 11) is -1.46. The minimum Gasteiger partial charge on any atom is -0.130 e. The molecule has 0 radical (unpaired) electrons. The van der Waals surface area contributed by atoms with Gasteiger partial charge in [-0.3, -0.25) is 0 Å². The van der Waals surface area contributed by atoms with E-state index in [1.807, 2.05) is 0 Å². The molecular weight excluding hydrogens is 220 g/mol. The van der Waals surface area contributed by atoms with Crippen LogP contribution in [0.25, 0.3) is 0 Å². The molecule has 0 heterocycles. The highest BCUT2D eigenvalue weighted by Crippen LogP contribution is 2.41. The summed E-state index contributed by atoms with van der Waals surface area (Å²) in [4.78, 5) is 0. The summed E-state index contributed by atoms with van der Waals surface area (Å²) < 4.78 is 0. The van der Waals surface area contributed by atoms with E-state index < -0.39 is 8.07 Å². The Kier molecular flexibility index (Phi) is 5.32. The Bertz CT molecular complexity index is 263. The Morgan fingerprint density at radius 3 is 1.59 bits per heavy atom. The first kappa shape index (κ1) is 14.8. The highest BCUT2D eigenvalue weighted by Gasteiger charge is 2.41. The average Bonchev–Trinajstić information content (AvgIpc) is 2.69. The van der Waals surface area contributed by atoms with Gasteiger partial charge in [0.2, 0.25) is 0 Å². The molecule has 0 saturated heterocycles. The van der Waals surface area contributed by atoms with Gasteiger partial charge in [-0.2, -0.15) is 0 Å². The van der Waals surface area contributed by atoms with Gasteiger partial charge < -0.3 is 0 Å². The van der Waals surface area contributed by atoms with Crippen molar-refractivity contribution in [2.24, 2.45) is 5.92 Å². The number of hydrogen-bond donors (Lipinski definition) is 0. The number of rotatable bonds is 3. The SMILES string of the molecule is CC(C)[Si](C#CC1CCCC1)(C(C)C)C(C)C. The summed E-state index contributed by atoms with van der Waals surface area (Å²) >= 11 is 0. The first-order valence-electron chi connectivity index (χ1n) is 7.44. The molecule has 0 aromatic carbocycles. The minimum atomic E-state index is -1.46. The lowest BCUT2D eigenvalue weighted by molar-refractivity contribution is 0.711. The Hall–Kier alpha value is -0.223. The fourth-order valence-corrected chi connectivity index (χ4v) is 9.05. The van der Waals surface area contributed by atoms with Gasteiger partial charge in [-0.1, -0.05) is 54.4 Å². The molecule has 17 heavy (non-hydrogen) atoms. The van der Waals surface area contributed by atoms with Crippen LogP contribution < -0.4 is 0 Å². The molecule has 1 heteroatoms. The van der Waals surface area contributed by atoms with Gasteiger partial charge in [0.25, 0.3) is 0 Å². The third-order valence-electron chi connectivity index (χ3n) is 4.71. The summed E-state index contributed by atoms with van der Waals surface area (Å²) in [6.07, 6.45) is 5.51. The molecule has 98 valence electrons. The van der Waals surface area contributed by atoms with Gasteiger partial charge in [-0.15, -0.1) is 11.5 Å². The van der Waals surface area contributed by atoms with Crippen molar-refractivity contribution >= 4 is 8.07 Å². The molecule has 0 nitrogen and oxygen atoms in total. The lowest BCUT2D eigenvalue weighted by Gasteiger charge is -2.38. The van der Waals surface area contributed by atoms with Crippen molar-refractivity contribution in [1.29, 1.82) is 0 Å². The van der Waals surface area contributed by atoms with Crippen LogP contribution in [0.3, 0.4) is 0 Å². The van der Waals surface area contributed by atoms with E-state index in [2.05, 4.69) is 53.0 Å². The zero-order valence-electron chi connectivity index (χ0n) is 12.6. The van der Waals surface area contributed by atoms with E-state index in [1.54, 1.807) is 0 Å². The molecule has 0 bridgehead atoms. The fourth-order valence-electron chi connectivity index (χ4n) is 3.73. The molecule has 0 atom stereocenters. The Morgan fingerprint density at radius 2 is 1.24 bits per heavy atom. The fraction of sp³-hybridized carbons (Fsp3) is 0.875. The van der Waals surface area contributed by atoms with Crippen LogP contribution in [-0.4, -0.2) is 8.07 Å². The van der Waals surface area contributed by atoms with Crippen molar-refractivity contribution in [1.82, 2.24) is 0 Å². The van der Waals surface area contributed by atoms with Crippen LogP contribution in [0.2, 0.25) is 16.6 Å². The maximum Gasteiger partial charge on any atom is 0.145 e. The lowest BCUT2D eigenvalue weighted by Crippen LogP contribution is -2.43. The Balaban J connectivity index is 2.96. The smallest absolute Gasteiger partial charge is 0.130 e. The molecule has 1 saturated carbocycles. The molecule has 1 aliphatic rings. The van der Waals surface area contributed by atoms with E-state index in [0.717, 1.165) is 22.5 Å². The van der Waals surface area contributed by atoms with E-state index in [9.17, 15) is 0 Å². The second-order valence-corrected chi connectivity index (χ2v) is 12.2. The first-order chi connectivity index (χ1) is 7.91. The zero-order valence-corrected chi connectivity index (χ0v) is 13.6. The monoisotopic (exact) mass is 250 g/mol. The largest absolute Gasteiger partial charge is 0.145 e. The van der Waals surface area contributed by atoms with Gasteiger partial charge in [0.05, 0.1) is 0 Å². The molecule has 0 aromatic rings. The molecule has 1 fully saturated rings. The molecule has 0 aromatic heterocycles. The van der Waals surface area contributed by atoms with Gasteiger partial charge >= 0.3 is 0 Å². The topological polar surface area (TPSA) is 0 Å². The van der Waals surface area contributed by atoms with Gasteiger partial charge in [0.1, 0.15) is 8.07 Å². The van der Waals surface area contributed by atoms with Crippen LogP contribution in [-0.2, 0) is 0 Å². The molecule has 0 N–H and O–H groups in total. The van der Waals surface area contributed by atoms with Crippen LogP contribution in [0.1, 0.15) is 67.2 Å². The summed E-state index contributed by atoms with van der Waals surface area (Å²) in [5.74, 6) is 4.40. The van der Waals surface area contributed by atoms with Crippen LogP contribution in [0.5, 0.6) is 0 Å². The van der Waals surface area contributed by atoms with Crippen molar-refractivity contribution in [3.05, 3.63) is 0 Å². The summed E-state index contributed by atoms with van der Waals surface area (Å²) in [6.45, 7) is 14.4. The summed E-state index contributed by atoms with van der Waals surface area (Å²) in [6, 6.07) is 0. The van der Waals surface area contributed by atoms with Gasteiger partial charge in [0, 0.05) is 5.92 Å². The minimum absolute atomic E-state index is 0.720.